The Morgan fingerprint density at radius 3 is 2.48 bits per heavy atom. The Labute approximate surface area is 198 Å². The van der Waals surface area contributed by atoms with E-state index in [1.165, 1.54) is 6.21 Å². The van der Waals surface area contributed by atoms with E-state index < -0.39 is 11.9 Å². The van der Waals surface area contributed by atoms with Gasteiger partial charge in [-0.05, 0) is 95.2 Å². The Bertz CT molecular complexity index is 1120. The number of nitrogens with one attached hydrogen (secondary N) is 1. The minimum absolute atomic E-state index is 0.175. The highest BCUT2D eigenvalue weighted by atomic mass is 127. The first-order chi connectivity index (χ1) is 14.9. The molecule has 0 spiro atoms. The fourth-order valence-corrected chi connectivity index (χ4v) is 3.20. The molecule has 0 fully saturated rings. The van der Waals surface area contributed by atoms with E-state index in [4.69, 9.17) is 21.1 Å². The molecule has 3 aromatic rings. The van der Waals surface area contributed by atoms with Crippen LogP contribution in [0, 0.1) is 10.5 Å². The zero-order valence-corrected chi connectivity index (χ0v) is 19.4. The second-order valence-electron chi connectivity index (χ2n) is 6.43. The average molecular weight is 549 g/mol. The van der Waals surface area contributed by atoms with Crippen molar-refractivity contribution in [2.24, 2.45) is 5.10 Å². The predicted octanol–water partition coefficient (Wildman–Crippen LogP) is 5.00. The van der Waals surface area contributed by atoms with Gasteiger partial charge in [0.25, 0.3) is 5.91 Å². The monoisotopic (exact) mass is 548 g/mol. The average Bonchev–Trinajstić information content (AvgIpc) is 2.76. The molecule has 0 saturated heterocycles. The number of rotatable bonds is 7. The Morgan fingerprint density at radius 1 is 1.06 bits per heavy atom. The van der Waals surface area contributed by atoms with Crippen LogP contribution in [0.25, 0.3) is 0 Å². The van der Waals surface area contributed by atoms with E-state index in [0.29, 0.717) is 22.1 Å². The number of halogens is 2. The summed E-state index contributed by atoms with van der Waals surface area (Å²) in [5.74, 6) is 0.148. The quantitative estimate of drug-likeness (QED) is 0.148. The second-order valence-corrected chi connectivity index (χ2v) is 8.00. The van der Waals surface area contributed by atoms with Crippen molar-refractivity contribution in [3.63, 3.8) is 0 Å². The molecule has 0 aliphatic carbocycles. The molecule has 1 N–H and O–H groups in total. The third-order valence-electron chi connectivity index (χ3n) is 4.09. The Balaban J connectivity index is 1.47. The predicted molar refractivity (Wildman–Crippen MR) is 128 cm³/mol. The van der Waals surface area contributed by atoms with Crippen molar-refractivity contribution in [2.45, 2.75) is 6.92 Å². The number of benzene rings is 3. The summed E-state index contributed by atoms with van der Waals surface area (Å²) in [4.78, 5) is 24.1. The number of hydrazone groups is 1. The van der Waals surface area contributed by atoms with Gasteiger partial charge in [0, 0.05) is 8.59 Å². The molecule has 6 nitrogen and oxygen atoms in total. The summed E-state index contributed by atoms with van der Waals surface area (Å²) in [5.41, 5.74) is 4.49. The lowest BCUT2D eigenvalue weighted by Crippen LogP contribution is -2.24. The first-order valence-corrected chi connectivity index (χ1v) is 10.7. The zero-order chi connectivity index (χ0) is 22.2. The lowest BCUT2D eigenvalue weighted by molar-refractivity contribution is -0.123. The molecular formula is C23H18ClIN2O4. The van der Waals surface area contributed by atoms with Crippen LogP contribution >= 0.6 is 34.2 Å². The minimum Gasteiger partial charge on any atom is -0.484 e. The van der Waals surface area contributed by atoms with Gasteiger partial charge in [-0.1, -0.05) is 23.7 Å². The summed E-state index contributed by atoms with van der Waals surface area (Å²) < 4.78 is 11.6. The number of esters is 1. The Kier molecular flexibility index (Phi) is 8.02. The van der Waals surface area contributed by atoms with E-state index in [1.54, 1.807) is 54.6 Å². The van der Waals surface area contributed by atoms with Crippen LogP contribution in [0.4, 0.5) is 0 Å². The van der Waals surface area contributed by atoms with Crippen LogP contribution in [0.3, 0.4) is 0 Å². The van der Waals surface area contributed by atoms with E-state index in [2.05, 4.69) is 33.1 Å². The number of hydrogen-bond donors (Lipinski definition) is 1. The van der Waals surface area contributed by atoms with Gasteiger partial charge in [-0.3, -0.25) is 4.79 Å². The van der Waals surface area contributed by atoms with E-state index in [-0.39, 0.29) is 6.61 Å². The van der Waals surface area contributed by atoms with Crippen molar-refractivity contribution in [1.82, 2.24) is 5.43 Å². The fourth-order valence-electron chi connectivity index (χ4n) is 2.48. The Morgan fingerprint density at radius 2 is 1.77 bits per heavy atom. The summed E-state index contributed by atoms with van der Waals surface area (Å²) in [6, 6.07) is 19.1. The second kappa shape index (κ2) is 10.9. The third-order valence-corrected chi connectivity index (χ3v) is 5.45. The number of aryl methyl sites for hydroxylation is 1. The van der Waals surface area contributed by atoms with E-state index >= 15 is 0 Å². The van der Waals surface area contributed by atoms with Crippen LogP contribution in [0.15, 0.2) is 71.8 Å². The van der Waals surface area contributed by atoms with Gasteiger partial charge in [-0.15, -0.1) is 0 Å². The van der Waals surface area contributed by atoms with Gasteiger partial charge in [-0.25, -0.2) is 10.2 Å². The fraction of sp³-hybridized carbons (Fsp3) is 0.0870. The molecule has 0 bridgehead atoms. The van der Waals surface area contributed by atoms with Crippen LogP contribution in [0.5, 0.6) is 11.5 Å². The van der Waals surface area contributed by atoms with Crippen molar-refractivity contribution >= 4 is 52.3 Å². The molecule has 0 radical (unpaired) electrons. The summed E-state index contributed by atoms with van der Waals surface area (Å²) >= 11 is 8.05. The van der Waals surface area contributed by atoms with Crippen molar-refractivity contribution in [1.29, 1.82) is 0 Å². The molecule has 0 unspecified atom stereocenters. The number of carbonyl (C=O) groups is 2. The molecule has 1 amide bonds. The van der Waals surface area contributed by atoms with Crippen LogP contribution in [0.1, 0.15) is 21.5 Å². The molecule has 3 rings (SSSR count). The molecule has 31 heavy (non-hydrogen) atoms. The van der Waals surface area contributed by atoms with E-state index in [1.807, 2.05) is 19.1 Å². The smallest absolute Gasteiger partial charge is 0.344 e. The van der Waals surface area contributed by atoms with E-state index in [9.17, 15) is 9.59 Å². The number of hydrogen-bond acceptors (Lipinski definition) is 5. The van der Waals surface area contributed by atoms with Crippen molar-refractivity contribution in [3.05, 3.63) is 92.0 Å². The largest absolute Gasteiger partial charge is 0.484 e. The maximum atomic E-state index is 12.2. The molecule has 0 aromatic heterocycles. The third kappa shape index (κ3) is 6.80. The summed E-state index contributed by atoms with van der Waals surface area (Å²) in [6.45, 7) is 1.68. The molecule has 8 heteroatoms. The number of amides is 1. The molecular weight excluding hydrogens is 531 g/mol. The topological polar surface area (TPSA) is 77.0 Å². The van der Waals surface area contributed by atoms with Crippen molar-refractivity contribution < 1.29 is 19.1 Å². The highest BCUT2D eigenvalue weighted by Gasteiger charge is 2.11. The highest BCUT2D eigenvalue weighted by molar-refractivity contribution is 14.1. The van der Waals surface area contributed by atoms with Crippen LogP contribution in [-0.4, -0.2) is 24.7 Å². The minimum atomic E-state index is -0.422. The first kappa shape index (κ1) is 22.8. The summed E-state index contributed by atoms with van der Waals surface area (Å²) in [7, 11) is 0. The normalized spacial score (nSPS) is 10.7. The Hall–Kier alpha value is -2.91. The molecule has 3 aromatic carbocycles. The maximum absolute atomic E-state index is 12.2. The number of carbonyl (C=O) groups excluding carboxylic acids is 2. The van der Waals surface area contributed by atoms with Crippen molar-refractivity contribution in [2.75, 3.05) is 6.61 Å². The van der Waals surface area contributed by atoms with Gasteiger partial charge in [-0.2, -0.15) is 5.10 Å². The van der Waals surface area contributed by atoms with Gasteiger partial charge < -0.3 is 9.47 Å². The standard InChI is InChI=1S/C23H18ClIN2O4/c1-15-12-18(10-11-20(15)24)30-14-22(28)27-26-13-16-6-8-17(9-7-16)31-23(29)19-4-2-3-5-21(19)25/h2-13H,14H2,1H3,(H,27,28)/b26-13+. The molecule has 0 atom stereocenters. The first-order valence-electron chi connectivity index (χ1n) is 9.20. The van der Waals surface area contributed by atoms with Gasteiger partial charge in [0.2, 0.25) is 0 Å². The molecule has 0 saturated carbocycles. The highest BCUT2D eigenvalue weighted by Crippen LogP contribution is 2.21. The van der Waals surface area contributed by atoms with Crippen LogP contribution < -0.4 is 14.9 Å². The van der Waals surface area contributed by atoms with E-state index in [0.717, 1.165) is 14.7 Å². The molecule has 158 valence electrons. The van der Waals surface area contributed by atoms with Crippen LogP contribution in [0.2, 0.25) is 5.02 Å². The lowest BCUT2D eigenvalue weighted by Gasteiger charge is -2.07. The van der Waals surface area contributed by atoms with Gasteiger partial charge in [0.1, 0.15) is 11.5 Å². The summed E-state index contributed by atoms with van der Waals surface area (Å²) in [5, 5.41) is 4.54. The van der Waals surface area contributed by atoms with Gasteiger partial charge in [0.15, 0.2) is 6.61 Å². The number of ether oxygens (including phenoxy) is 2. The molecule has 0 heterocycles. The maximum Gasteiger partial charge on any atom is 0.344 e. The van der Waals surface area contributed by atoms with Gasteiger partial charge >= 0.3 is 5.97 Å². The van der Waals surface area contributed by atoms with Crippen molar-refractivity contribution in [3.8, 4) is 11.5 Å². The van der Waals surface area contributed by atoms with Crippen LogP contribution in [-0.2, 0) is 4.79 Å². The summed E-state index contributed by atoms with van der Waals surface area (Å²) in [6.07, 6.45) is 1.48. The molecule has 0 aliphatic rings. The lowest BCUT2D eigenvalue weighted by atomic mass is 10.2. The number of nitrogens with zero attached hydrogens (tertiary/aromatic N) is 1. The zero-order valence-electron chi connectivity index (χ0n) is 16.5. The molecule has 0 aliphatic heterocycles. The SMILES string of the molecule is Cc1cc(OCC(=O)N/N=C/c2ccc(OC(=O)c3ccccc3I)cc2)ccc1Cl. The van der Waals surface area contributed by atoms with Gasteiger partial charge in [0.05, 0.1) is 11.8 Å².